The number of carbonyl (C=O) groups is 3. The maximum absolute atomic E-state index is 13.9. The van der Waals surface area contributed by atoms with Crippen LogP contribution in [-0.2, 0) is 20.9 Å². The number of methoxy groups -OCH3 is 2. The summed E-state index contributed by atoms with van der Waals surface area (Å²) in [6, 6.07) is 18.5. The molecular formula is C38H41N3O7. The quantitative estimate of drug-likeness (QED) is 0.164. The maximum atomic E-state index is 13.9. The van der Waals surface area contributed by atoms with Gasteiger partial charge in [0.2, 0.25) is 0 Å². The lowest BCUT2D eigenvalue weighted by Gasteiger charge is -2.29. The summed E-state index contributed by atoms with van der Waals surface area (Å²) in [5.41, 5.74) is 4.63. The highest BCUT2D eigenvalue weighted by molar-refractivity contribution is 6.05. The second-order valence-corrected chi connectivity index (χ2v) is 12.7. The molecule has 3 aromatic carbocycles. The fourth-order valence-corrected chi connectivity index (χ4v) is 6.92. The molecule has 10 heteroatoms. The van der Waals surface area contributed by atoms with Crippen LogP contribution in [0.25, 0.3) is 28.2 Å². The summed E-state index contributed by atoms with van der Waals surface area (Å²) < 4.78 is 19.4. The number of rotatable bonds is 10. The molecule has 0 unspecified atom stereocenters. The van der Waals surface area contributed by atoms with E-state index in [1.165, 1.54) is 38.0 Å². The van der Waals surface area contributed by atoms with Crippen molar-refractivity contribution in [3.8, 4) is 22.8 Å². The van der Waals surface area contributed by atoms with Gasteiger partial charge in [-0.05, 0) is 79.3 Å². The first kappa shape index (κ1) is 32.8. The van der Waals surface area contributed by atoms with E-state index in [2.05, 4.69) is 21.3 Å². The second kappa shape index (κ2) is 13.9. The number of ether oxygens (including phenoxy) is 3. The molecule has 1 aromatic heterocycles. The van der Waals surface area contributed by atoms with Gasteiger partial charge in [-0.15, -0.1) is 0 Å². The number of benzene rings is 3. The number of nitrogens with zero attached hydrogens (tertiary/aromatic N) is 1. The molecule has 0 saturated heterocycles. The molecule has 0 bridgehead atoms. The van der Waals surface area contributed by atoms with Crippen molar-refractivity contribution in [1.82, 2.24) is 9.88 Å². The first-order valence-corrected chi connectivity index (χ1v) is 16.3. The highest BCUT2D eigenvalue weighted by Gasteiger charge is 2.36. The van der Waals surface area contributed by atoms with Crippen LogP contribution in [0.5, 0.6) is 11.5 Å². The number of aromatic nitrogens is 1. The SMILES string of the molecule is COC[C@](C)(NC(=O)c1ccc2c(C3CCCCC3)c3n(c2c1)CCOc1cc(OC)ccc1-3)C(=O)Nc1ccc(/C=C/C(=O)O)cc1. The molecule has 6 rings (SSSR count). The number of anilines is 1. The monoisotopic (exact) mass is 651 g/mol. The van der Waals surface area contributed by atoms with E-state index in [0.717, 1.165) is 52.6 Å². The van der Waals surface area contributed by atoms with Gasteiger partial charge in [-0.25, -0.2) is 4.79 Å². The van der Waals surface area contributed by atoms with Gasteiger partial charge in [0.15, 0.2) is 0 Å². The molecule has 0 radical (unpaired) electrons. The Kier molecular flexibility index (Phi) is 9.54. The molecule has 0 spiro atoms. The fraction of sp³-hybridized carbons (Fsp3) is 0.342. The summed E-state index contributed by atoms with van der Waals surface area (Å²) in [6.07, 6.45) is 8.37. The molecule has 1 saturated carbocycles. The normalized spacial score (nSPS) is 15.9. The third-order valence-corrected chi connectivity index (χ3v) is 9.31. The summed E-state index contributed by atoms with van der Waals surface area (Å²) in [6.45, 7) is 2.66. The second-order valence-electron chi connectivity index (χ2n) is 12.7. The van der Waals surface area contributed by atoms with E-state index in [4.69, 9.17) is 19.3 Å². The molecule has 10 nitrogen and oxygen atoms in total. The van der Waals surface area contributed by atoms with Crippen LogP contribution in [0.1, 0.15) is 66.4 Å². The van der Waals surface area contributed by atoms with Crippen LogP contribution in [0.2, 0.25) is 0 Å². The molecule has 2 heterocycles. The van der Waals surface area contributed by atoms with Crippen molar-refractivity contribution in [2.75, 3.05) is 32.8 Å². The minimum atomic E-state index is -1.39. The zero-order valence-electron chi connectivity index (χ0n) is 27.5. The topological polar surface area (TPSA) is 128 Å². The number of carboxylic acid groups (broad SMARTS) is 1. The Morgan fingerprint density at radius 2 is 1.79 bits per heavy atom. The van der Waals surface area contributed by atoms with E-state index in [1.807, 2.05) is 30.3 Å². The van der Waals surface area contributed by atoms with Crippen LogP contribution < -0.4 is 20.1 Å². The van der Waals surface area contributed by atoms with Crippen molar-refractivity contribution < 1.29 is 33.7 Å². The minimum Gasteiger partial charge on any atom is -0.497 e. The third-order valence-electron chi connectivity index (χ3n) is 9.31. The molecule has 48 heavy (non-hydrogen) atoms. The van der Waals surface area contributed by atoms with Crippen molar-refractivity contribution in [2.24, 2.45) is 0 Å². The Balaban J connectivity index is 1.32. The number of carbonyl (C=O) groups excluding carboxylic acids is 2. The fourth-order valence-electron chi connectivity index (χ4n) is 6.92. The standard InChI is InChI=1S/C38H41N3O7/c1-38(23-46-2,37(45)39-27-13-9-24(10-14-27)11-18-33(42)43)40-36(44)26-12-16-29-31(21-26)41-19-20-48-32-22-28(47-3)15-17-30(32)35(41)34(29)25-7-5-4-6-8-25/h9-18,21-22,25H,4-8,19-20,23H2,1-3H3,(H,39,45)(H,40,44)(H,42,43)/b18-11+/t38-/m0/s1. The molecule has 1 aliphatic carbocycles. The highest BCUT2D eigenvalue weighted by atomic mass is 16.5. The molecule has 1 fully saturated rings. The van der Waals surface area contributed by atoms with Gasteiger partial charge in [0.25, 0.3) is 11.8 Å². The number of amides is 2. The van der Waals surface area contributed by atoms with Crippen LogP contribution in [0.3, 0.4) is 0 Å². The predicted octanol–water partition coefficient (Wildman–Crippen LogP) is 6.63. The average molecular weight is 652 g/mol. The summed E-state index contributed by atoms with van der Waals surface area (Å²) in [7, 11) is 3.13. The lowest BCUT2D eigenvalue weighted by molar-refractivity contribution is -0.131. The Morgan fingerprint density at radius 1 is 1.02 bits per heavy atom. The molecule has 250 valence electrons. The Labute approximate surface area is 279 Å². The third kappa shape index (κ3) is 6.66. The molecule has 2 amide bonds. The van der Waals surface area contributed by atoms with Crippen molar-refractivity contribution in [1.29, 1.82) is 0 Å². The van der Waals surface area contributed by atoms with Crippen LogP contribution in [0.4, 0.5) is 5.69 Å². The Bertz CT molecular complexity index is 1870. The van der Waals surface area contributed by atoms with Gasteiger partial charge in [-0.2, -0.15) is 0 Å². The van der Waals surface area contributed by atoms with Crippen LogP contribution in [0.15, 0.2) is 66.7 Å². The number of carboxylic acids is 1. The molecule has 4 aromatic rings. The lowest BCUT2D eigenvalue weighted by Crippen LogP contribution is -2.57. The van der Waals surface area contributed by atoms with Gasteiger partial charge in [0.05, 0.1) is 26.0 Å². The van der Waals surface area contributed by atoms with E-state index in [9.17, 15) is 14.4 Å². The van der Waals surface area contributed by atoms with Crippen LogP contribution in [0, 0.1) is 0 Å². The molecule has 1 atom stereocenters. The Hall–Kier alpha value is -5.09. The van der Waals surface area contributed by atoms with E-state index in [0.29, 0.717) is 35.9 Å². The summed E-state index contributed by atoms with van der Waals surface area (Å²) in [4.78, 5) is 38.2. The number of hydrogen-bond acceptors (Lipinski definition) is 6. The molecule has 3 N–H and O–H groups in total. The van der Waals surface area contributed by atoms with Crippen LogP contribution >= 0.6 is 0 Å². The van der Waals surface area contributed by atoms with Gasteiger partial charge in [0, 0.05) is 47.0 Å². The number of aliphatic carboxylic acids is 1. The van der Waals surface area contributed by atoms with E-state index in [1.54, 1.807) is 38.3 Å². The van der Waals surface area contributed by atoms with E-state index >= 15 is 0 Å². The summed E-state index contributed by atoms with van der Waals surface area (Å²) in [5, 5.41) is 15.8. The van der Waals surface area contributed by atoms with Crippen LogP contribution in [-0.4, -0.2) is 60.4 Å². The molecular weight excluding hydrogens is 610 g/mol. The smallest absolute Gasteiger partial charge is 0.328 e. The van der Waals surface area contributed by atoms with Gasteiger partial charge < -0.3 is 34.5 Å². The van der Waals surface area contributed by atoms with Gasteiger partial charge in [0.1, 0.15) is 23.6 Å². The number of hydrogen-bond donors (Lipinski definition) is 3. The zero-order chi connectivity index (χ0) is 33.8. The number of fused-ring (bicyclic) bond motifs is 5. The van der Waals surface area contributed by atoms with Gasteiger partial charge in [-0.3, -0.25) is 9.59 Å². The summed E-state index contributed by atoms with van der Waals surface area (Å²) >= 11 is 0. The zero-order valence-corrected chi connectivity index (χ0v) is 27.5. The van der Waals surface area contributed by atoms with Crippen molar-refractivity contribution in [3.63, 3.8) is 0 Å². The van der Waals surface area contributed by atoms with Crippen molar-refractivity contribution >= 4 is 40.4 Å². The first-order chi connectivity index (χ1) is 23.2. The average Bonchev–Trinajstić information content (AvgIpc) is 3.29. The van der Waals surface area contributed by atoms with E-state index < -0.39 is 23.3 Å². The van der Waals surface area contributed by atoms with Crippen molar-refractivity contribution in [2.45, 2.75) is 57.0 Å². The first-order valence-electron chi connectivity index (χ1n) is 16.3. The van der Waals surface area contributed by atoms with Crippen molar-refractivity contribution in [3.05, 3.63) is 83.4 Å². The lowest BCUT2D eigenvalue weighted by atomic mass is 9.81. The van der Waals surface area contributed by atoms with Gasteiger partial charge in [-0.1, -0.05) is 37.5 Å². The largest absolute Gasteiger partial charge is 0.497 e. The van der Waals surface area contributed by atoms with Gasteiger partial charge >= 0.3 is 5.97 Å². The van der Waals surface area contributed by atoms with E-state index in [-0.39, 0.29) is 6.61 Å². The highest BCUT2D eigenvalue weighted by Crippen LogP contribution is 2.47. The molecule has 1 aliphatic heterocycles. The summed E-state index contributed by atoms with van der Waals surface area (Å²) in [5.74, 6) is 0.0397. The molecule has 2 aliphatic rings. The number of nitrogens with one attached hydrogen (secondary N) is 2. The Morgan fingerprint density at radius 3 is 2.50 bits per heavy atom. The maximum Gasteiger partial charge on any atom is 0.328 e. The predicted molar refractivity (Wildman–Crippen MR) is 185 cm³/mol. The minimum absolute atomic E-state index is 0.0593.